The number of fused-ring (bicyclic) bond motifs is 1. The SMILES string of the molecule is CC1CC(C)CN(C(=O)CCCc2nc3ccccc3s2)C1. The van der Waals surface area contributed by atoms with Crippen molar-refractivity contribution in [3.63, 3.8) is 0 Å². The highest BCUT2D eigenvalue weighted by atomic mass is 32.1. The summed E-state index contributed by atoms with van der Waals surface area (Å²) in [6, 6.07) is 8.23. The van der Waals surface area contributed by atoms with E-state index in [9.17, 15) is 4.79 Å². The molecule has 4 heteroatoms. The Hall–Kier alpha value is -1.42. The minimum Gasteiger partial charge on any atom is -0.342 e. The van der Waals surface area contributed by atoms with Gasteiger partial charge in [0.25, 0.3) is 0 Å². The fourth-order valence-electron chi connectivity index (χ4n) is 3.44. The molecule has 3 nitrogen and oxygen atoms in total. The lowest BCUT2D eigenvalue weighted by Gasteiger charge is -2.35. The van der Waals surface area contributed by atoms with Gasteiger partial charge in [-0.25, -0.2) is 4.98 Å². The molecule has 2 heterocycles. The summed E-state index contributed by atoms with van der Waals surface area (Å²) < 4.78 is 1.24. The number of rotatable bonds is 4. The average Bonchev–Trinajstić information content (AvgIpc) is 2.88. The molecule has 1 aliphatic rings. The lowest BCUT2D eigenvalue weighted by molar-refractivity contribution is -0.133. The Bertz CT molecular complexity index is 608. The number of amides is 1. The minimum absolute atomic E-state index is 0.319. The molecule has 1 aliphatic heterocycles. The molecule has 0 N–H and O–H groups in total. The number of para-hydroxylation sites is 1. The van der Waals surface area contributed by atoms with Crippen LogP contribution in [-0.2, 0) is 11.2 Å². The number of likely N-dealkylation sites (tertiary alicyclic amines) is 1. The normalized spacial score (nSPS) is 22.2. The molecule has 0 bridgehead atoms. The lowest BCUT2D eigenvalue weighted by atomic mass is 9.91. The second-order valence-electron chi connectivity index (χ2n) is 6.67. The van der Waals surface area contributed by atoms with Crippen LogP contribution in [0.15, 0.2) is 24.3 Å². The van der Waals surface area contributed by atoms with Crippen LogP contribution in [0, 0.1) is 11.8 Å². The largest absolute Gasteiger partial charge is 0.342 e. The Kier molecular flexibility index (Phi) is 4.77. The maximum absolute atomic E-state index is 12.4. The number of aromatic nitrogens is 1. The number of piperidine rings is 1. The number of thiazole rings is 1. The van der Waals surface area contributed by atoms with Crippen LogP contribution in [0.25, 0.3) is 10.2 Å². The molecule has 22 heavy (non-hydrogen) atoms. The van der Waals surface area contributed by atoms with Crippen molar-refractivity contribution in [3.05, 3.63) is 29.3 Å². The summed E-state index contributed by atoms with van der Waals surface area (Å²) in [6.45, 7) is 6.36. The summed E-state index contributed by atoms with van der Waals surface area (Å²) in [5.74, 6) is 1.59. The Labute approximate surface area is 136 Å². The molecule has 2 unspecified atom stereocenters. The third-order valence-electron chi connectivity index (χ3n) is 4.34. The van der Waals surface area contributed by atoms with Crippen molar-refractivity contribution in [1.82, 2.24) is 9.88 Å². The van der Waals surface area contributed by atoms with Gasteiger partial charge in [0, 0.05) is 19.5 Å². The predicted octanol–water partition coefficient (Wildman–Crippen LogP) is 4.12. The van der Waals surface area contributed by atoms with Crippen LogP contribution in [0.2, 0.25) is 0 Å². The molecule has 2 atom stereocenters. The van der Waals surface area contributed by atoms with Gasteiger partial charge < -0.3 is 4.90 Å². The highest BCUT2D eigenvalue weighted by Gasteiger charge is 2.24. The van der Waals surface area contributed by atoms with Crippen molar-refractivity contribution in [2.45, 2.75) is 39.5 Å². The third kappa shape index (κ3) is 3.67. The maximum atomic E-state index is 12.4. The van der Waals surface area contributed by atoms with E-state index in [0.29, 0.717) is 24.2 Å². The zero-order valence-corrected chi connectivity index (χ0v) is 14.2. The van der Waals surface area contributed by atoms with Gasteiger partial charge in [-0.3, -0.25) is 4.79 Å². The van der Waals surface area contributed by atoms with Gasteiger partial charge in [0.2, 0.25) is 5.91 Å². The Balaban J connectivity index is 1.51. The van der Waals surface area contributed by atoms with Crippen LogP contribution in [0.1, 0.15) is 38.1 Å². The molecule has 1 aromatic carbocycles. The van der Waals surface area contributed by atoms with Crippen LogP contribution in [0.3, 0.4) is 0 Å². The molecule has 0 spiro atoms. The molecule has 0 radical (unpaired) electrons. The van der Waals surface area contributed by atoms with Gasteiger partial charge in [-0.2, -0.15) is 0 Å². The van der Waals surface area contributed by atoms with Crippen molar-refractivity contribution in [2.24, 2.45) is 11.8 Å². The Morgan fingerprint density at radius 3 is 2.73 bits per heavy atom. The third-order valence-corrected chi connectivity index (χ3v) is 5.44. The number of nitrogens with zero attached hydrogens (tertiary/aromatic N) is 2. The van der Waals surface area contributed by atoms with Gasteiger partial charge in [0.15, 0.2) is 0 Å². The molecular formula is C18H24N2OS. The first-order valence-corrected chi connectivity index (χ1v) is 9.05. The van der Waals surface area contributed by atoms with Crippen LogP contribution < -0.4 is 0 Å². The van der Waals surface area contributed by atoms with Crippen molar-refractivity contribution < 1.29 is 4.79 Å². The predicted molar refractivity (Wildman–Crippen MR) is 92.1 cm³/mol. The number of carbonyl (C=O) groups excluding carboxylic acids is 1. The average molecular weight is 316 g/mol. The van der Waals surface area contributed by atoms with E-state index in [-0.39, 0.29) is 0 Å². The van der Waals surface area contributed by atoms with E-state index >= 15 is 0 Å². The zero-order valence-electron chi connectivity index (χ0n) is 13.4. The van der Waals surface area contributed by atoms with Gasteiger partial charge >= 0.3 is 0 Å². The van der Waals surface area contributed by atoms with Gasteiger partial charge in [0.1, 0.15) is 0 Å². The monoisotopic (exact) mass is 316 g/mol. The molecule has 1 saturated heterocycles. The first-order valence-electron chi connectivity index (χ1n) is 8.24. The van der Waals surface area contributed by atoms with E-state index in [2.05, 4.69) is 35.9 Å². The van der Waals surface area contributed by atoms with Crippen molar-refractivity contribution in [2.75, 3.05) is 13.1 Å². The van der Waals surface area contributed by atoms with Gasteiger partial charge in [0.05, 0.1) is 15.2 Å². The van der Waals surface area contributed by atoms with E-state index in [0.717, 1.165) is 36.5 Å². The fourth-order valence-corrected chi connectivity index (χ4v) is 4.45. The molecule has 118 valence electrons. The quantitative estimate of drug-likeness (QED) is 0.850. The van der Waals surface area contributed by atoms with E-state index in [1.807, 2.05) is 12.1 Å². The first kappa shape index (κ1) is 15.5. The molecule has 1 amide bonds. The number of benzene rings is 1. The van der Waals surface area contributed by atoms with E-state index in [1.54, 1.807) is 11.3 Å². The molecule has 1 fully saturated rings. The van der Waals surface area contributed by atoms with Crippen molar-refractivity contribution in [3.8, 4) is 0 Å². The summed E-state index contributed by atoms with van der Waals surface area (Å²) in [7, 11) is 0. The minimum atomic E-state index is 0.319. The number of hydrogen-bond acceptors (Lipinski definition) is 3. The topological polar surface area (TPSA) is 33.2 Å². The molecule has 0 aliphatic carbocycles. The summed E-state index contributed by atoms with van der Waals surface area (Å²) in [5, 5.41) is 1.15. The fraction of sp³-hybridized carbons (Fsp3) is 0.556. The Morgan fingerprint density at radius 2 is 2.00 bits per heavy atom. The maximum Gasteiger partial charge on any atom is 0.222 e. The van der Waals surface area contributed by atoms with Crippen LogP contribution in [-0.4, -0.2) is 28.9 Å². The lowest BCUT2D eigenvalue weighted by Crippen LogP contribution is -2.42. The second kappa shape index (κ2) is 6.78. The molecular weight excluding hydrogens is 292 g/mol. The number of aryl methyl sites for hydroxylation is 1. The van der Waals surface area contributed by atoms with Crippen LogP contribution in [0.4, 0.5) is 0 Å². The van der Waals surface area contributed by atoms with Crippen molar-refractivity contribution in [1.29, 1.82) is 0 Å². The number of hydrogen-bond donors (Lipinski definition) is 0. The molecule has 2 aromatic rings. The summed E-state index contributed by atoms with van der Waals surface area (Å²) in [5.41, 5.74) is 1.08. The van der Waals surface area contributed by atoms with E-state index < -0.39 is 0 Å². The standard InChI is InChI=1S/C18H24N2OS/c1-13-10-14(2)12-20(11-13)18(21)9-5-8-17-19-15-6-3-4-7-16(15)22-17/h3-4,6-7,13-14H,5,8-12H2,1-2H3. The first-order chi connectivity index (χ1) is 10.6. The Morgan fingerprint density at radius 1 is 1.27 bits per heavy atom. The van der Waals surface area contributed by atoms with E-state index in [4.69, 9.17) is 0 Å². The summed E-state index contributed by atoms with van der Waals surface area (Å²) in [6.07, 6.45) is 3.70. The summed E-state index contributed by atoms with van der Waals surface area (Å²) in [4.78, 5) is 19.1. The van der Waals surface area contributed by atoms with Gasteiger partial charge in [-0.05, 0) is 43.2 Å². The second-order valence-corrected chi connectivity index (χ2v) is 7.79. The molecule has 3 rings (SSSR count). The summed E-state index contributed by atoms with van der Waals surface area (Å²) >= 11 is 1.75. The highest BCUT2D eigenvalue weighted by molar-refractivity contribution is 7.18. The smallest absolute Gasteiger partial charge is 0.222 e. The van der Waals surface area contributed by atoms with Crippen LogP contribution in [0.5, 0.6) is 0 Å². The van der Waals surface area contributed by atoms with E-state index in [1.165, 1.54) is 11.1 Å². The highest BCUT2D eigenvalue weighted by Crippen LogP contribution is 2.24. The van der Waals surface area contributed by atoms with Gasteiger partial charge in [-0.1, -0.05) is 26.0 Å². The molecule has 1 aromatic heterocycles. The van der Waals surface area contributed by atoms with Crippen molar-refractivity contribution >= 4 is 27.5 Å². The van der Waals surface area contributed by atoms with Crippen LogP contribution >= 0.6 is 11.3 Å². The zero-order chi connectivity index (χ0) is 15.5. The molecule has 0 saturated carbocycles. The number of carbonyl (C=O) groups is 1. The van der Waals surface area contributed by atoms with Gasteiger partial charge in [-0.15, -0.1) is 11.3 Å².